The first-order valence-corrected chi connectivity index (χ1v) is 10.0. The minimum atomic E-state index is -3.58. The standard InChI is InChI=1S/C16H20IN3O3S/c1-4-20(5-2)24(22,23)14-10-15(19(3)11-14)16(21)18-13-8-6-7-12(17)9-13/h6-11H,4-5H2,1-3H3,(H,18,21). The number of aromatic nitrogens is 1. The summed E-state index contributed by atoms with van der Waals surface area (Å²) in [6.07, 6.45) is 1.47. The van der Waals surface area contributed by atoms with E-state index in [0.29, 0.717) is 24.5 Å². The summed E-state index contributed by atoms with van der Waals surface area (Å²) < 4.78 is 29.0. The number of nitrogens with one attached hydrogen (secondary N) is 1. The zero-order chi connectivity index (χ0) is 17.9. The third-order valence-corrected chi connectivity index (χ3v) is 6.32. The van der Waals surface area contributed by atoms with E-state index in [1.54, 1.807) is 27.0 Å². The van der Waals surface area contributed by atoms with E-state index in [9.17, 15) is 13.2 Å². The first kappa shape index (κ1) is 18.9. The van der Waals surface area contributed by atoms with Crippen molar-refractivity contribution in [1.82, 2.24) is 8.87 Å². The molecule has 6 nitrogen and oxygen atoms in total. The summed E-state index contributed by atoms with van der Waals surface area (Å²) in [7, 11) is -1.93. The predicted molar refractivity (Wildman–Crippen MR) is 103 cm³/mol. The number of hydrogen-bond donors (Lipinski definition) is 1. The number of nitrogens with zero attached hydrogens (tertiary/aromatic N) is 2. The number of amides is 1. The first-order valence-electron chi connectivity index (χ1n) is 7.53. The highest BCUT2D eigenvalue weighted by Gasteiger charge is 2.25. The molecule has 24 heavy (non-hydrogen) atoms. The molecule has 0 radical (unpaired) electrons. The Morgan fingerprint density at radius 2 is 1.92 bits per heavy atom. The van der Waals surface area contributed by atoms with Gasteiger partial charge in [-0.15, -0.1) is 0 Å². The number of benzene rings is 1. The molecule has 0 aliphatic carbocycles. The van der Waals surface area contributed by atoms with Gasteiger partial charge in [0.2, 0.25) is 10.0 Å². The molecule has 0 saturated heterocycles. The van der Waals surface area contributed by atoms with Crippen LogP contribution in [0.3, 0.4) is 0 Å². The third-order valence-electron chi connectivity index (χ3n) is 3.64. The Morgan fingerprint density at radius 1 is 1.25 bits per heavy atom. The molecule has 0 atom stereocenters. The summed E-state index contributed by atoms with van der Waals surface area (Å²) in [6, 6.07) is 8.81. The van der Waals surface area contributed by atoms with E-state index in [1.165, 1.54) is 21.1 Å². The van der Waals surface area contributed by atoms with E-state index in [2.05, 4.69) is 27.9 Å². The summed E-state index contributed by atoms with van der Waals surface area (Å²) in [5, 5.41) is 2.79. The van der Waals surface area contributed by atoms with Crippen molar-refractivity contribution in [2.45, 2.75) is 18.7 Å². The smallest absolute Gasteiger partial charge is 0.272 e. The second-order valence-corrected chi connectivity index (χ2v) is 8.41. The molecule has 1 aromatic carbocycles. The number of hydrogen-bond acceptors (Lipinski definition) is 3. The average Bonchev–Trinajstić information content (AvgIpc) is 2.91. The van der Waals surface area contributed by atoms with Crippen LogP contribution >= 0.6 is 22.6 Å². The van der Waals surface area contributed by atoms with Gasteiger partial charge in [0.25, 0.3) is 5.91 Å². The molecule has 130 valence electrons. The van der Waals surface area contributed by atoms with Gasteiger partial charge in [-0.3, -0.25) is 4.79 Å². The van der Waals surface area contributed by atoms with Crippen LogP contribution in [0, 0.1) is 3.57 Å². The molecule has 1 amide bonds. The number of carbonyl (C=O) groups is 1. The molecule has 0 bridgehead atoms. The number of sulfonamides is 1. The van der Waals surface area contributed by atoms with Crippen LogP contribution in [0.4, 0.5) is 5.69 Å². The highest BCUT2D eigenvalue weighted by Crippen LogP contribution is 2.20. The van der Waals surface area contributed by atoms with E-state index in [4.69, 9.17) is 0 Å². The van der Waals surface area contributed by atoms with Crippen LogP contribution < -0.4 is 5.32 Å². The maximum Gasteiger partial charge on any atom is 0.272 e. The van der Waals surface area contributed by atoms with Crippen LogP contribution in [0.1, 0.15) is 24.3 Å². The fourth-order valence-electron chi connectivity index (χ4n) is 2.37. The second-order valence-electron chi connectivity index (χ2n) is 5.23. The van der Waals surface area contributed by atoms with Crippen molar-refractivity contribution < 1.29 is 13.2 Å². The first-order chi connectivity index (χ1) is 11.3. The molecule has 8 heteroatoms. The zero-order valence-electron chi connectivity index (χ0n) is 13.8. The van der Waals surface area contributed by atoms with Crippen LogP contribution in [0.2, 0.25) is 0 Å². The van der Waals surface area contributed by atoms with E-state index in [-0.39, 0.29) is 10.8 Å². The van der Waals surface area contributed by atoms with Gasteiger partial charge in [-0.2, -0.15) is 4.31 Å². The Balaban J connectivity index is 2.30. The van der Waals surface area contributed by atoms with E-state index in [1.807, 2.05) is 18.2 Å². The Hall–Kier alpha value is -1.39. The van der Waals surface area contributed by atoms with Crippen LogP contribution in [-0.4, -0.2) is 36.3 Å². The molecular weight excluding hydrogens is 441 g/mol. The quantitative estimate of drug-likeness (QED) is 0.673. The molecule has 0 unspecified atom stereocenters. The summed E-state index contributed by atoms with van der Waals surface area (Å²) in [6.45, 7) is 4.35. The summed E-state index contributed by atoms with van der Waals surface area (Å²) >= 11 is 2.16. The number of carbonyl (C=O) groups excluding carboxylic acids is 1. The molecular formula is C16H20IN3O3S. The van der Waals surface area contributed by atoms with Crippen LogP contribution in [0.5, 0.6) is 0 Å². The van der Waals surface area contributed by atoms with E-state index in [0.717, 1.165) is 3.57 Å². The fraction of sp³-hybridized carbons (Fsp3) is 0.312. The SMILES string of the molecule is CCN(CC)S(=O)(=O)c1cc(C(=O)Nc2cccc(I)c2)n(C)c1. The highest BCUT2D eigenvalue weighted by atomic mass is 127. The van der Waals surface area contributed by atoms with Crippen molar-refractivity contribution in [2.75, 3.05) is 18.4 Å². The molecule has 1 aromatic heterocycles. The second kappa shape index (κ2) is 7.66. The lowest BCUT2D eigenvalue weighted by molar-refractivity contribution is 0.101. The Kier molecular flexibility index (Phi) is 6.05. The number of rotatable bonds is 6. The molecule has 0 saturated carbocycles. The maximum atomic E-state index is 12.6. The van der Waals surface area contributed by atoms with Gasteiger partial charge in [-0.25, -0.2) is 8.42 Å². The number of anilines is 1. The van der Waals surface area contributed by atoms with Gasteiger partial charge in [0.05, 0.1) is 0 Å². The number of halogens is 1. The summed E-state index contributed by atoms with van der Waals surface area (Å²) in [5.74, 6) is -0.347. The molecule has 0 aliphatic heterocycles. The molecule has 0 aliphatic rings. The third kappa shape index (κ3) is 3.98. The molecule has 0 spiro atoms. The van der Waals surface area contributed by atoms with Gasteiger partial charge in [0.1, 0.15) is 10.6 Å². The summed E-state index contributed by atoms with van der Waals surface area (Å²) in [5.41, 5.74) is 0.959. The lowest BCUT2D eigenvalue weighted by Gasteiger charge is -2.17. The maximum absolute atomic E-state index is 12.6. The highest BCUT2D eigenvalue weighted by molar-refractivity contribution is 14.1. The molecule has 2 aromatic rings. The topological polar surface area (TPSA) is 71.4 Å². The average molecular weight is 461 g/mol. The van der Waals surface area contributed by atoms with Gasteiger partial charge in [0, 0.05) is 35.6 Å². The van der Waals surface area contributed by atoms with Gasteiger partial charge < -0.3 is 9.88 Å². The predicted octanol–water partition coefficient (Wildman–Crippen LogP) is 2.91. The van der Waals surface area contributed by atoms with Crippen LogP contribution in [0.15, 0.2) is 41.4 Å². The monoisotopic (exact) mass is 461 g/mol. The minimum absolute atomic E-state index is 0.126. The van der Waals surface area contributed by atoms with Crippen molar-refractivity contribution >= 4 is 44.2 Å². The largest absolute Gasteiger partial charge is 0.345 e. The number of aryl methyl sites for hydroxylation is 1. The van der Waals surface area contributed by atoms with Crippen molar-refractivity contribution in [3.63, 3.8) is 0 Å². The Bertz CT molecular complexity index is 842. The van der Waals surface area contributed by atoms with Gasteiger partial charge in [0.15, 0.2) is 0 Å². The van der Waals surface area contributed by atoms with Gasteiger partial charge in [-0.1, -0.05) is 19.9 Å². The van der Waals surface area contributed by atoms with Crippen molar-refractivity contribution in [3.8, 4) is 0 Å². The normalized spacial score (nSPS) is 11.7. The minimum Gasteiger partial charge on any atom is -0.345 e. The Morgan fingerprint density at radius 3 is 2.50 bits per heavy atom. The molecule has 1 N–H and O–H groups in total. The van der Waals surface area contributed by atoms with Gasteiger partial charge >= 0.3 is 0 Å². The lowest BCUT2D eigenvalue weighted by Crippen LogP contribution is -2.30. The van der Waals surface area contributed by atoms with Gasteiger partial charge in [-0.05, 0) is 46.9 Å². The molecule has 0 fully saturated rings. The molecule has 1 heterocycles. The van der Waals surface area contributed by atoms with E-state index < -0.39 is 10.0 Å². The zero-order valence-corrected chi connectivity index (χ0v) is 16.8. The Labute approximate surface area is 156 Å². The van der Waals surface area contributed by atoms with E-state index >= 15 is 0 Å². The fourth-order valence-corrected chi connectivity index (χ4v) is 4.45. The summed E-state index contributed by atoms with van der Waals surface area (Å²) in [4.78, 5) is 12.6. The lowest BCUT2D eigenvalue weighted by atomic mass is 10.3. The van der Waals surface area contributed by atoms with Crippen molar-refractivity contribution in [1.29, 1.82) is 0 Å². The molecule has 2 rings (SSSR count). The van der Waals surface area contributed by atoms with Crippen LogP contribution in [0.25, 0.3) is 0 Å². The van der Waals surface area contributed by atoms with Crippen LogP contribution in [-0.2, 0) is 17.1 Å². The van der Waals surface area contributed by atoms with Crippen molar-refractivity contribution in [2.24, 2.45) is 7.05 Å². The van der Waals surface area contributed by atoms with Crippen molar-refractivity contribution in [3.05, 3.63) is 45.8 Å².